The molecule has 1 saturated heterocycles. The van der Waals surface area contributed by atoms with Gasteiger partial charge in [-0.25, -0.2) is 4.39 Å². The minimum absolute atomic E-state index is 0.233. The Labute approximate surface area is 164 Å². The lowest BCUT2D eigenvalue weighted by atomic mass is 9.95. The fourth-order valence-electron chi connectivity index (χ4n) is 3.11. The van der Waals surface area contributed by atoms with Crippen molar-refractivity contribution < 1.29 is 29.0 Å². The zero-order valence-corrected chi connectivity index (χ0v) is 15.2. The van der Waals surface area contributed by atoms with Crippen LogP contribution >= 0.6 is 11.6 Å². The van der Waals surface area contributed by atoms with Crippen LogP contribution in [0.3, 0.4) is 0 Å². The van der Waals surface area contributed by atoms with Crippen LogP contribution < -0.4 is 0 Å². The molecule has 144 valence electrons. The number of carboxylic acid groups (broad SMARTS) is 1. The molecule has 1 amide bonds. The van der Waals surface area contributed by atoms with Crippen LogP contribution in [-0.4, -0.2) is 39.3 Å². The zero-order chi connectivity index (χ0) is 20.4. The summed E-state index contributed by atoms with van der Waals surface area (Å²) < 4.78 is 13.8. The molecular weight excluding hydrogens is 389 g/mol. The number of benzene rings is 2. The largest absolute Gasteiger partial charge is 0.507 e. The summed E-state index contributed by atoms with van der Waals surface area (Å²) in [6.07, 6.45) is -0.403. The maximum Gasteiger partial charge on any atom is 0.305 e. The number of Topliss-reactive ketones (excluding diaryl/α,β-unsaturated/α-hetero) is 1. The number of likely N-dealkylation sites (tertiary alicyclic amines) is 1. The Bertz CT molecular complexity index is 986. The highest BCUT2D eigenvalue weighted by Gasteiger charge is 2.46. The Hall–Kier alpha value is -3.19. The lowest BCUT2D eigenvalue weighted by molar-refractivity contribution is -0.142. The van der Waals surface area contributed by atoms with E-state index in [9.17, 15) is 23.9 Å². The summed E-state index contributed by atoms with van der Waals surface area (Å²) in [5.41, 5.74) is 0.269. The van der Waals surface area contributed by atoms with Crippen LogP contribution in [0.15, 0.2) is 54.1 Å². The van der Waals surface area contributed by atoms with Crippen LogP contribution in [0.4, 0.5) is 4.39 Å². The normalized spacial score (nSPS) is 18.5. The van der Waals surface area contributed by atoms with Crippen LogP contribution in [0.5, 0.6) is 0 Å². The highest BCUT2D eigenvalue weighted by Crippen LogP contribution is 2.39. The molecule has 3 rings (SSSR count). The average molecular weight is 404 g/mol. The van der Waals surface area contributed by atoms with Gasteiger partial charge in [0.25, 0.3) is 11.7 Å². The molecule has 1 heterocycles. The summed E-state index contributed by atoms with van der Waals surface area (Å²) in [5, 5.41) is 20.1. The lowest BCUT2D eigenvalue weighted by Crippen LogP contribution is -2.31. The monoisotopic (exact) mass is 403 g/mol. The number of aliphatic hydroxyl groups is 1. The zero-order valence-electron chi connectivity index (χ0n) is 14.4. The minimum Gasteiger partial charge on any atom is -0.507 e. The van der Waals surface area contributed by atoms with Gasteiger partial charge in [-0.2, -0.15) is 0 Å². The summed E-state index contributed by atoms with van der Waals surface area (Å²) in [6.45, 7) is -0.265. The molecule has 1 aliphatic heterocycles. The first kappa shape index (κ1) is 19.6. The number of carbonyl (C=O) groups is 3. The molecule has 8 heteroatoms. The number of carboxylic acids is 1. The molecule has 1 atom stereocenters. The number of hydrogen-bond acceptors (Lipinski definition) is 4. The van der Waals surface area contributed by atoms with Crippen LogP contribution in [-0.2, 0) is 14.4 Å². The van der Waals surface area contributed by atoms with Gasteiger partial charge in [0.1, 0.15) is 11.6 Å². The molecule has 0 aromatic heterocycles. The molecular formula is C20H15ClFNO5. The molecule has 2 N–H and O–H groups in total. The van der Waals surface area contributed by atoms with Crippen LogP contribution in [0.1, 0.15) is 23.6 Å². The Kier molecular flexibility index (Phi) is 5.46. The van der Waals surface area contributed by atoms with Crippen molar-refractivity contribution in [2.45, 2.75) is 12.5 Å². The van der Waals surface area contributed by atoms with Gasteiger partial charge in [0.15, 0.2) is 0 Å². The maximum atomic E-state index is 13.8. The van der Waals surface area contributed by atoms with Gasteiger partial charge in [-0.3, -0.25) is 14.4 Å². The van der Waals surface area contributed by atoms with E-state index in [1.54, 1.807) is 0 Å². The Balaban J connectivity index is 2.16. The molecule has 0 spiro atoms. The summed E-state index contributed by atoms with van der Waals surface area (Å²) in [6, 6.07) is 10.1. The number of aliphatic hydroxyl groups excluding tert-OH is 1. The number of halogens is 2. The number of ketones is 1. The first-order valence-electron chi connectivity index (χ1n) is 8.31. The standard InChI is InChI=1S/C20H15ClFNO5/c21-13-6-4-11(5-7-13)18(26)16-17(12-2-1-3-14(22)10-12)23(9-8-15(24)25)20(28)19(16)27/h1-7,10,17,26H,8-9H2,(H,24,25)/t17-/m0/s1. The van der Waals surface area contributed by atoms with Gasteiger partial charge in [0, 0.05) is 17.1 Å². The van der Waals surface area contributed by atoms with Crippen molar-refractivity contribution in [3.05, 3.63) is 76.1 Å². The third kappa shape index (κ3) is 3.75. The molecule has 0 aliphatic carbocycles. The number of aliphatic carboxylic acids is 1. The second kappa shape index (κ2) is 7.82. The summed E-state index contributed by atoms with van der Waals surface area (Å²) in [4.78, 5) is 37.1. The van der Waals surface area contributed by atoms with Crippen molar-refractivity contribution in [3.63, 3.8) is 0 Å². The van der Waals surface area contributed by atoms with Crippen molar-refractivity contribution in [1.29, 1.82) is 0 Å². The van der Waals surface area contributed by atoms with Gasteiger partial charge in [-0.1, -0.05) is 23.7 Å². The van der Waals surface area contributed by atoms with E-state index >= 15 is 0 Å². The number of hydrogen-bond donors (Lipinski definition) is 2. The van der Waals surface area contributed by atoms with E-state index in [1.807, 2.05) is 0 Å². The van der Waals surface area contributed by atoms with Crippen LogP contribution in [0, 0.1) is 5.82 Å². The second-order valence-corrected chi connectivity index (χ2v) is 6.63. The Morgan fingerprint density at radius 1 is 1.11 bits per heavy atom. The lowest BCUT2D eigenvalue weighted by Gasteiger charge is -2.24. The molecule has 0 unspecified atom stereocenters. The van der Waals surface area contributed by atoms with Gasteiger partial charge in [0.2, 0.25) is 0 Å². The first-order valence-corrected chi connectivity index (χ1v) is 8.69. The molecule has 1 aliphatic rings. The molecule has 6 nitrogen and oxygen atoms in total. The molecule has 2 aromatic rings. The number of amides is 1. The fourth-order valence-corrected chi connectivity index (χ4v) is 3.24. The Morgan fingerprint density at radius 3 is 2.39 bits per heavy atom. The predicted octanol–water partition coefficient (Wildman–Crippen LogP) is 3.38. The smallest absolute Gasteiger partial charge is 0.305 e. The van der Waals surface area contributed by atoms with E-state index in [-0.39, 0.29) is 23.2 Å². The van der Waals surface area contributed by atoms with Crippen LogP contribution in [0.2, 0.25) is 5.02 Å². The summed E-state index contributed by atoms with van der Waals surface area (Å²) in [7, 11) is 0. The molecule has 0 saturated carbocycles. The van der Waals surface area contributed by atoms with Gasteiger partial charge in [-0.15, -0.1) is 0 Å². The Morgan fingerprint density at radius 2 is 1.79 bits per heavy atom. The van der Waals surface area contributed by atoms with E-state index in [1.165, 1.54) is 42.5 Å². The van der Waals surface area contributed by atoms with Gasteiger partial charge in [0.05, 0.1) is 18.0 Å². The van der Waals surface area contributed by atoms with E-state index in [4.69, 9.17) is 16.7 Å². The summed E-state index contributed by atoms with van der Waals surface area (Å²) in [5.74, 6) is -4.11. The van der Waals surface area contributed by atoms with E-state index < -0.39 is 41.7 Å². The van der Waals surface area contributed by atoms with Crippen LogP contribution in [0.25, 0.3) is 5.76 Å². The van der Waals surface area contributed by atoms with Gasteiger partial charge < -0.3 is 15.1 Å². The van der Waals surface area contributed by atoms with Crippen molar-refractivity contribution in [2.24, 2.45) is 0 Å². The number of nitrogens with zero attached hydrogens (tertiary/aromatic N) is 1. The highest BCUT2D eigenvalue weighted by atomic mass is 35.5. The van der Waals surface area contributed by atoms with Gasteiger partial charge in [-0.05, 0) is 42.0 Å². The first-order chi connectivity index (χ1) is 13.3. The maximum absolute atomic E-state index is 13.8. The van der Waals surface area contributed by atoms with E-state index in [0.717, 1.165) is 11.0 Å². The summed E-state index contributed by atoms with van der Waals surface area (Å²) >= 11 is 5.84. The van der Waals surface area contributed by atoms with Gasteiger partial charge >= 0.3 is 5.97 Å². The topological polar surface area (TPSA) is 94.9 Å². The minimum atomic E-state index is -1.16. The second-order valence-electron chi connectivity index (χ2n) is 6.20. The van der Waals surface area contributed by atoms with Crippen molar-refractivity contribution in [2.75, 3.05) is 6.54 Å². The third-order valence-electron chi connectivity index (χ3n) is 4.39. The third-order valence-corrected chi connectivity index (χ3v) is 4.64. The molecule has 1 fully saturated rings. The quantitative estimate of drug-likeness (QED) is 0.453. The fraction of sp³-hybridized carbons (Fsp3) is 0.150. The van der Waals surface area contributed by atoms with Crippen molar-refractivity contribution in [3.8, 4) is 0 Å². The molecule has 0 bridgehead atoms. The van der Waals surface area contributed by atoms with E-state index in [2.05, 4.69) is 0 Å². The van der Waals surface area contributed by atoms with Crippen molar-refractivity contribution >= 4 is 35.0 Å². The van der Waals surface area contributed by atoms with E-state index in [0.29, 0.717) is 5.02 Å². The van der Waals surface area contributed by atoms with Crippen molar-refractivity contribution in [1.82, 2.24) is 4.90 Å². The highest BCUT2D eigenvalue weighted by molar-refractivity contribution is 6.46. The molecule has 0 radical (unpaired) electrons. The number of rotatable bonds is 5. The average Bonchev–Trinajstić information content (AvgIpc) is 2.91. The number of carbonyl (C=O) groups excluding carboxylic acids is 2. The predicted molar refractivity (Wildman–Crippen MR) is 99.1 cm³/mol. The molecule has 28 heavy (non-hydrogen) atoms. The SMILES string of the molecule is O=C(O)CCN1C(=O)C(=O)C(=C(O)c2ccc(Cl)cc2)[C@@H]1c1cccc(F)c1. The molecule has 2 aromatic carbocycles.